The molecule has 0 bridgehead atoms. The Kier molecular flexibility index (Phi) is 6.03. The SMILES string of the molecule is c1ccc(-c2ccc3c4ccc(-c5ncc(-c6cccc7c6Sc6ccccc6S7)cn5)cc4c4ccccc4c3c2)cc1. The number of hydrogen-bond acceptors (Lipinski definition) is 4. The van der Waals surface area contributed by atoms with E-state index in [-0.39, 0.29) is 0 Å². The predicted octanol–water partition coefficient (Wildman–Crippen LogP) is 11.6. The molecule has 0 fully saturated rings. The van der Waals surface area contributed by atoms with Crippen LogP contribution in [0.5, 0.6) is 0 Å². The molecule has 1 aromatic heterocycles. The predicted molar refractivity (Wildman–Crippen MR) is 186 cm³/mol. The van der Waals surface area contributed by atoms with Crippen LogP contribution < -0.4 is 0 Å². The van der Waals surface area contributed by atoms with Crippen LogP contribution in [-0.4, -0.2) is 9.97 Å². The summed E-state index contributed by atoms with van der Waals surface area (Å²) in [5, 5.41) is 7.48. The quantitative estimate of drug-likeness (QED) is 0.190. The van der Waals surface area contributed by atoms with E-state index in [0.717, 1.165) is 17.0 Å². The van der Waals surface area contributed by atoms with Gasteiger partial charge in [-0.05, 0) is 79.3 Å². The van der Waals surface area contributed by atoms with Gasteiger partial charge in [0.05, 0.1) is 0 Å². The van der Waals surface area contributed by atoms with E-state index in [1.807, 2.05) is 35.9 Å². The first kappa shape index (κ1) is 25.6. The molecule has 4 heteroatoms. The second-order valence-electron chi connectivity index (χ2n) is 11.0. The molecule has 8 aromatic rings. The Morgan fingerprint density at radius 2 is 0.932 bits per heavy atom. The second-order valence-corrected chi connectivity index (χ2v) is 13.1. The maximum absolute atomic E-state index is 4.89. The highest BCUT2D eigenvalue weighted by molar-refractivity contribution is 8.05. The van der Waals surface area contributed by atoms with Gasteiger partial charge in [-0.25, -0.2) is 9.97 Å². The van der Waals surface area contributed by atoms with Crippen LogP contribution in [0.4, 0.5) is 0 Å². The number of hydrogen-bond donors (Lipinski definition) is 0. The lowest BCUT2D eigenvalue weighted by Crippen LogP contribution is -1.95. The molecule has 0 atom stereocenters. The van der Waals surface area contributed by atoms with Crippen molar-refractivity contribution in [1.29, 1.82) is 0 Å². The normalized spacial score (nSPS) is 12.4. The van der Waals surface area contributed by atoms with Gasteiger partial charge < -0.3 is 0 Å². The number of benzene rings is 7. The molecule has 0 saturated carbocycles. The fourth-order valence-electron chi connectivity index (χ4n) is 6.30. The van der Waals surface area contributed by atoms with Gasteiger partial charge in [0, 0.05) is 43.1 Å². The van der Waals surface area contributed by atoms with Crippen LogP contribution in [0.3, 0.4) is 0 Å². The molecular weight excluding hydrogens is 573 g/mol. The monoisotopic (exact) mass is 596 g/mol. The number of aromatic nitrogens is 2. The summed E-state index contributed by atoms with van der Waals surface area (Å²) in [5.41, 5.74) is 5.68. The fraction of sp³-hybridized carbons (Fsp3) is 0. The van der Waals surface area contributed by atoms with Crippen molar-refractivity contribution >= 4 is 55.8 Å². The minimum Gasteiger partial charge on any atom is -0.236 e. The third kappa shape index (κ3) is 4.22. The molecule has 1 aliphatic heterocycles. The van der Waals surface area contributed by atoms with Gasteiger partial charge in [0.25, 0.3) is 0 Å². The van der Waals surface area contributed by atoms with E-state index in [2.05, 4.69) is 133 Å². The Hall–Kier alpha value is -4.90. The fourth-order valence-corrected chi connectivity index (χ4v) is 8.70. The summed E-state index contributed by atoms with van der Waals surface area (Å²) in [6.07, 6.45) is 3.94. The third-order valence-corrected chi connectivity index (χ3v) is 11.0. The lowest BCUT2D eigenvalue weighted by atomic mass is 9.91. The molecule has 0 aliphatic carbocycles. The molecular formula is C40H24N2S2. The van der Waals surface area contributed by atoms with Crippen LogP contribution in [0.15, 0.2) is 165 Å². The largest absolute Gasteiger partial charge is 0.236 e. The second kappa shape index (κ2) is 10.4. The summed E-state index contributed by atoms with van der Waals surface area (Å²) in [6.45, 7) is 0. The number of nitrogens with zero attached hydrogens (tertiary/aromatic N) is 2. The van der Waals surface area contributed by atoms with Gasteiger partial charge in [0.15, 0.2) is 5.82 Å². The van der Waals surface area contributed by atoms with Gasteiger partial charge >= 0.3 is 0 Å². The first-order chi connectivity index (χ1) is 21.8. The Morgan fingerprint density at radius 3 is 1.66 bits per heavy atom. The third-order valence-electron chi connectivity index (χ3n) is 8.42. The molecule has 9 rings (SSSR count). The first-order valence-electron chi connectivity index (χ1n) is 14.6. The Balaban J connectivity index is 1.13. The summed E-state index contributed by atoms with van der Waals surface area (Å²) in [6, 6.07) is 47.9. The van der Waals surface area contributed by atoms with Crippen molar-refractivity contribution in [2.75, 3.05) is 0 Å². The summed E-state index contributed by atoms with van der Waals surface area (Å²) < 4.78 is 0. The number of rotatable bonds is 3. The van der Waals surface area contributed by atoms with Crippen LogP contribution in [0.2, 0.25) is 0 Å². The maximum Gasteiger partial charge on any atom is 0.159 e. The summed E-state index contributed by atoms with van der Waals surface area (Å²) in [5.74, 6) is 0.733. The highest BCUT2D eigenvalue weighted by Crippen LogP contribution is 2.51. The van der Waals surface area contributed by atoms with Gasteiger partial charge in [-0.3, -0.25) is 0 Å². The van der Waals surface area contributed by atoms with Crippen LogP contribution in [-0.2, 0) is 0 Å². The summed E-state index contributed by atoms with van der Waals surface area (Å²) >= 11 is 3.66. The van der Waals surface area contributed by atoms with Crippen molar-refractivity contribution in [3.8, 4) is 33.6 Å². The molecule has 0 spiro atoms. The molecule has 44 heavy (non-hydrogen) atoms. The van der Waals surface area contributed by atoms with E-state index in [1.165, 1.54) is 68.6 Å². The van der Waals surface area contributed by atoms with Crippen molar-refractivity contribution in [2.45, 2.75) is 19.6 Å². The zero-order valence-electron chi connectivity index (χ0n) is 23.6. The highest BCUT2D eigenvalue weighted by atomic mass is 32.2. The van der Waals surface area contributed by atoms with Crippen LogP contribution in [0, 0.1) is 0 Å². The molecule has 0 N–H and O–H groups in total. The lowest BCUT2D eigenvalue weighted by molar-refractivity contribution is 1.14. The van der Waals surface area contributed by atoms with Crippen molar-refractivity contribution in [3.63, 3.8) is 0 Å². The smallest absolute Gasteiger partial charge is 0.159 e. The molecule has 0 amide bonds. The molecule has 0 saturated heterocycles. The average Bonchev–Trinajstić information content (AvgIpc) is 3.10. The molecule has 2 heterocycles. The lowest BCUT2D eigenvalue weighted by Gasteiger charge is -2.20. The molecule has 206 valence electrons. The summed E-state index contributed by atoms with van der Waals surface area (Å²) in [7, 11) is 0. The van der Waals surface area contributed by atoms with Crippen molar-refractivity contribution in [2.24, 2.45) is 0 Å². The average molecular weight is 597 g/mol. The first-order valence-corrected chi connectivity index (χ1v) is 16.3. The van der Waals surface area contributed by atoms with Gasteiger partial charge in [-0.2, -0.15) is 0 Å². The van der Waals surface area contributed by atoms with E-state index >= 15 is 0 Å². The minimum atomic E-state index is 0.733. The molecule has 0 radical (unpaired) electrons. The van der Waals surface area contributed by atoms with Crippen LogP contribution >= 0.6 is 23.5 Å². The van der Waals surface area contributed by atoms with E-state index < -0.39 is 0 Å². The Labute approximate surface area is 263 Å². The van der Waals surface area contributed by atoms with E-state index in [4.69, 9.17) is 9.97 Å². The minimum absolute atomic E-state index is 0.733. The zero-order valence-corrected chi connectivity index (χ0v) is 25.2. The highest BCUT2D eigenvalue weighted by Gasteiger charge is 2.20. The van der Waals surface area contributed by atoms with Gasteiger partial charge in [-0.15, -0.1) is 0 Å². The Bertz CT molecular complexity index is 2360. The molecule has 7 aromatic carbocycles. The molecule has 0 unspecified atom stereocenters. The zero-order chi connectivity index (χ0) is 29.0. The topological polar surface area (TPSA) is 25.8 Å². The van der Waals surface area contributed by atoms with E-state index in [0.29, 0.717) is 0 Å². The van der Waals surface area contributed by atoms with Crippen LogP contribution in [0.1, 0.15) is 0 Å². The van der Waals surface area contributed by atoms with Gasteiger partial charge in [0.1, 0.15) is 0 Å². The molecule has 1 aliphatic rings. The number of fused-ring (bicyclic) bond motifs is 8. The van der Waals surface area contributed by atoms with Crippen molar-refractivity contribution < 1.29 is 0 Å². The van der Waals surface area contributed by atoms with E-state index in [9.17, 15) is 0 Å². The van der Waals surface area contributed by atoms with Crippen molar-refractivity contribution in [3.05, 3.63) is 146 Å². The molecule has 2 nitrogen and oxygen atoms in total. The maximum atomic E-state index is 4.89. The standard InChI is InChI=1S/C40H24N2S2/c1-2-9-25(10-3-1)26-17-19-32-33-20-18-27(22-35(33)31-12-5-4-11-30(31)34(32)21-26)40-41-23-28(24-42-40)29-13-8-16-38-39(29)44-37-15-7-6-14-36(37)43-38/h1-24H. The van der Waals surface area contributed by atoms with Gasteiger partial charge in [0.2, 0.25) is 0 Å². The van der Waals surface area contributed by atoms with Crippen LogP contribution in [0.25, 0.3) is 66.0 Å². The van der Waals surface area contributed by atoms with E-state index in [1.54, 1.807) is 0 Å². The summed E-state index contributed by atoms with van der Waals surface area (Å²) in [4.78, 5) is 14.9. The van der Waals surface area contributed by atoms with Gasteiger partial charge in [-0.1, -0.05) is 127 Å². The Morgan fingerprint density at radius 1 is 0.364 bits per heavy atom. The van der Waals surface area contributed by atoms with Crippen molar-refractivity contribution in [1.82, 2.24) is 9.97 Å².